The maximum atomic E-state index is 10.4. The summed E-state index contributed by atoms with van der Waals surface area (Å²) in [5.74, 6) is 0. The number of hydrogen-bond acceptors (Lipinski definition) is 3. The third-order valence-electron chi connectivity index (χ3n) is 1.15. The number of para-hydroxylation sites is 1. The lowest BCUT2D eigenvalue weighted by Crippen LogP contribution is -1.92. The summed E-state index contributed by atoms with van der Waals surface area (Å²) in [6, 6.07) is 5.01. The van der Waals surface area contributed by atoms with Crippen LogP contribution in [0.5, 0.6) is 0 Å². The summed E-state index contributed by atoms with van der Waals surface area (Å²) in [6.45, 7) is 0. The zero-order valence-electron chi connectivity index (χ0n) is 5.32. The molecule has 1 aromatic rings. The van der Waals surface area contributed by atoms with E-state index < -0.39 is 4.92 Å². The van der Waals surface area contributed by atoms with E-state index in [1.54, 1.807) is 18.2 Å². The topological polar surface area (TPSA) is 43.1 Å². The molecule has 0 heterocycles. The highest BCUT2D eigenvalue weighted by atomic mass is 127. The van der Waals surface area contributed by atoms with Gasteiger partial charge in [-0.1, -0.05) is 6.07 Å². The van der Waals surface area contributed by atoms with Crippen molar-refractivity contribution in [1.82, 2.24) is 0 Å². The molecule has 0 aliphatic carbocycles. The number of hydrogen-bond donors (Lipinski definition) is 1. The first-order chi connectivity index (χ1) is 5.13. The number of benzene rings is 1. The number of halogens is 1. The lowest BCUT2D eigenvalue weighted by atomic mass is 10.3. The van der Waals surface area contributed by atoms with Gasteiger partial charge in [0.2, 0.25) is 0 Å². The van der Waals surface area contributed by atoms with Gasteiger partial charge in [-0.05, 0) is 34.7 Å². The number of nitrogens with zero attached hydrogens (tertiary/aromatic N) is 1. The van der Waals surface area contributed by atoms with Gasteiger partial charge in [-0.2, -0.15) is 0 Å². The predicted molar refractivity (Wildman–Crippen MR) is 53.1 cm³/mol. The van der Waals surface area contributed by atoms with E-state index >= 15 is 0 Å². The van der Waals surface area contributed by atoms with Crippen molar-refractivity contribution in [2.24, 2.45) is 0 Å². The van der Waals surface area contributed by atoms with Crippen molar-refractivity contribution in [3.05, 3.63) is 31.9 Å². The Labute approximate surface area is 82.5 Å². The van der Waals surface area contributed by atoms with Crippen LogP contribution in [0.15, 0.2) is 23.1 Å². The first kappa shape index (κ1) is 8.79. The Balaban J connectivity index is 3.32. The fourth-order valence-corrected chi connectivity index (χ4v) is 1.88. The minimum atomic E-state index is -0.426. The second-order valence-electron chi connectivity index (χ2n) is 1.86. The van der Waals surface area contributed by atoms with Crippen LogP contribution in [-0.4, -0.2) is 4.92 Å². The molecule has 0 bridgehead atoms. The molecule has 0 saturated heterocycles. The molecule has 0 atom stereocenters. The summed E-state index contributed by atoms with van der Waals surface area (Å²) in [4.78, 5) is 10.4. The Hall–Kier alpha value is -0.300. The van der Waals surface area contributed by atoms with Crippen molar-refractivity contribution in [2.75, 3.05) is 0 Å². The maximum absolute atomic E-state index is 10.4. The van der Waals surface area contributed by atoms with Gasteiger partial charge in [-0.15, -0.1) is 12.6 Å². The molecule has 0 aliphatic heterocycles. The Bertz CT molecular complexity index is 282. The lowest BCUT2D eigenvalue weighted by molar-refractivity contribution is -0.388. The molecule has 0 unspecified atom stereocenters. The lowest BCUT2D eigenvalue weighted by Gasteiger charge is -1.96. The second-order valence-corrected chi connectivity index (χ2v) is 3.51. The first-order valence-electron chi connectivity index (χ1n) is 2.75. The van der Waals surface area contributed by atoms with Gasteiger partial charge in [-0.3, -0.25) is 10.1 Å². The maximum Gasteiger partial charge on any atom is 0.295 e. The molecule has 0 aliphatic rings. The Morgan fingerprint density at radius 1 is 1.55 bits per heavy atom. The van der Waals surface area contributed by atoms with E-state index in [0.717, 1.165) is 0 Å². The zero-order valence-corrected chi connectivity index (χ0v) is 8.37. The average molecular weight is 281 g/mol. The van der Waals surface area contributed by atoms with E-state index in [1.165, 1.54) is 0 Å². The van der Waals surface area contributed by atoms with Crippen LogP contribution in [-0.2, 0) is 0 Å². The predicted octanol–water partition coefficient (Wildman–Crippen LogP) is 2.49. The third-order valence-corrected chi connectivity index (χ3v) is 2.38. The molecule has 1 rings (SSSR count). The summed E-state index contributed by atoms with van der Waals surface area (Å²) in [6.07, 6.45) is 0. The van der Waals surface area contributed by atoms with Crippen LogP contribution in [0.2, 0.25) is 0 Å². The normalized spacial score (nSPS) is 9.64. The summed E-state index contributed by atoms with van der Waals surface area (Å²) in [5.41, 5.74) is 0.0800. The van der Waals surface area contributed by atoms with E-state index in [1.807, 2.05) is 22.6 Å². The fraction of sp³-hybridized carbons (Fsp3) is 0. The SMILES string of the molecule is O=[N+]([O-])c1c(S)cccc1I. The molecular weight excluding hydrogens is 277 g/mol. The van der Waals surface area contributed by atoms with Crippen LogP contribution >= 0.6 is 35.2 Å². The van der Waals surface area contributed by atoms with Crippen molar-refractivity contribution < 1.29 is 4.92 Å². The summed E-state index contributed by atoms with van der Waals surface area (Å²) in [5, 5.41) is 10.4. The molecule has 11 heavy (non-hydrogen) atoms. The largest absolute Gasteiger partial charge is 0.295 e. The fourth-order valence-electron chi connectivity index (χ4n) is 0.685. The smallest absolute Gasteiger partial charge is 0.258 e. The van der Waals surface area contributed by atoms with E-state index in [-0.39, 0.29) is 5.69 Å². The first-order valence-corrected chi connectivity index (χ1v) is 4.27. The number of nitro benzene ring substituents is 1. The van der Waals surface area contributed by atoms with Crippen molar-refractivity contribution in [3.63, 3.8) is 0 Å². The van der Waals surface area contributed by atoms with E-state index in [9.17, 15) is 10.1 Å². The summed E-state index contributed by atoms with van der Waals surface area (Å²) in [7, 11) is 0. The molecule has 5 heteroatoms. The van der Waals surface area contributed by atoms with Crippen molar-refractivity contribution in [2.45, 2.75) is 4.90 Å². The average Bonchev–Trinajstić information content (AvgIpc) is 1.85. The van der Waals surface area contributed by atoms with Crippen LogP contribution in [0.3, 0.4) is 0 Å². The monoisotopic (exact) mass is 281 g/mol. The molecule has 3 nitrogen and oxygen atoms in total. The molecule has 58 valence electrons. The zero-order chi connectivity index (χ0) is 8.43. The van der Waals surface area contributed by atoms with E-state index in [0.29, 0.717) is 8.47 Å². The summed E-state index contributed by atoms with van der Waals surface area (Å²) >= 11 is 5.87. The molecule has 0 amide bonds. The molecule has 0 spiro atoms. The number of thiol groups is 1. The third kappa shape index (κ3) is 1.84. The van der Waals surface area contributed by atoms with E-state index in [2.05, 4.69) is 12.6 Å². The molecule has 0 aromatic heterocycles. The molecular formula is C6H4INO2S. The Morgan fingerprint density at radius 3 is 2.55 bits per heavy atom. The highest BCUT2D eigenvalue weighted by Gasteiger charge is 2.14. The molecule has 0 radical (unpaired) electrons. The van der Waals surface area contributed by atoms with Gasteiger partial charge in [0, 0.05) is 0 Å². The van der Waals surface area contributed by atoms with Gasteiger partial charge in [-0.25, -0.2) is 0 Å². The van der Waals surface area contributed by atoms with Crippen molar-refractivity contribution in [1.29, 1.82) is 0 Å². The Kier molecular flexibility index (Phi) is 2.72. The molecule has 0 fully saturated rings. The number of nitro groups is 1. The van der Waals surface area contributed by atoms with Crippen molar-refractivity contribution in [3.8, 4) is 0 Å². The van der Waals surface area contributed by atoms with Crippen LogP contribution < -0.4 is 0 Å². The second kappa shape index (κ2) is 3.40. The minimum absolute atomic E-state index is 0.0800. The van der Waals surface area contributed by atoms with Gasteiger partial charge in [0.1, 0.15) is 0 Å². The van der Waals surface area contributed by atoms with Crippen LogP contribution in [0, 0.1) is 13.7 Å². The van der Waals surface area contributed by atoms with Gasteiger partial charge in [0.05, 0.1) is 13.4 Å². The van der Waals surface area contributed by atoms with Crippen LogP contribution in [0.25, 0.3) is 0 Å². The molecule has 1 aromatic carbocycles. The summed E-state index contributed by atoms with van der Waals surface area (Å²) < 4.78 is 0.611. The van der Waals surface area contributed by atoms with E-state index in [4.69, 9.17) is 0 Å². The molecule has 0 saturated carbocycles. The van der Waals surface area contributed by atoms with Crippen molar-refractivity contribution >= 4 is 40.9 Å². The van der Waals surface area contributed by atoms with Gasteiger partial charge in [0.15, 0.2) is 0 Å². The number of rotatable bonds is 1. The standard InChI is InChI=1S/C6H4INO2S/c7-4-2-1-3-5(11)6(4)8(9)10/h1-3,11H. The minimum Gasteiger partial charge on any atom is -0.258 e. The molecule has 0 N–H and O–H groups in total. The van der Waals surface area contributed by atoms with Crippen LogP contribution in [0.4, 0.5) is 5.69 Å². The van der Waals surface area contributed by atoms with Gasteiger partial charge < -0.3 is 0 Å². The quantitative estimate of drug-likeness (QED) is 0.372. The van der Waals surface area contributed by atoms with Gasteiger partial charge in [0.25, 0.3) is 5.69 Å². The highest BCUT2D eigenvalue weighted by molar-refractivity contribution is 14.1. The Morgan fingerprint density at radius 2 is 2.18 bits per heavy atom. The highest BCUT2D eigenvalue weighted by Crippen LogP contribution is 2.27. The van der Waals surface area contributed by atoms with Gasteiger partial charge >= 0.3 is 0 Å². The van der Waals surface area contributed by atoms with Crippen LogP contribution in [0.1, 0.15) is 0 Å².